The molecule has 0 radical (unpaired) electrons. The predicted octanol–water partition coefficient (Wildman–Crippen LogP) is 5.05. The number of hydrogen-bond acceptors (Lipinski definition) is 7. The number of esters is 1. The molecule has 2 aromatic heterocycles. The number of para-hydroxylation sites is 1. The fourth-order valence-electron chi connectivity index (χ4n) is 3.96. The number of aromatic nitrogens is 1. The van der Waals surface area contributed by atoms with Crippen molar-refractivity contribution >= 4 is 49.8 Å². The van der Waals surface area contributed by atoms with Gasteiger partial charge in [0.2, 0.25) is 0 Å². The Kier molecular flexibility index (Phi) is 5.50. The maximum absolute atomic E-state index is 13.2. The SMILES string of the molecule is COC(=O)c1ccccc1C(=O)Nc1sc2c(c1-c1nc3ccccc3s1)CCN(C)C2. The molecule has 0 saturated heterocycles. The molecule has 0 fully saturated rings. The number of thiazole rings is 1. The highest BCUT2D eigenvalue weighted by Gasteiger charge is 2.27. The van der Waals surface area contributed by atoms with E-state index in [1.54, 1.807) is 46.9 Å². The molecule has 0 spiro atoms. The highest BCUT2D eigenvalue weighted by atomic mass is 32.1. The number of nitrogens with zero attached hydrogens (tertiary/aromatic N) is 2. The first kappa shape index (κ1) is 20.8. The van der Waals surface area contributed by atoms with Crippen LogP contribution in [0.5, 0.6) is 0 Å². The Balaban J connectivity index is 1.59. The molecule has 6 nitrogen and oxygen atoms in total. The third-order valence-electron chi connectivity index (χ3n) is 5.56. The van der Waals surface area contributed by atoms with E-state index in [1.807, 2.05) is 18.2 Å². The van der Waals surface area contributed by atoms with Crippen LogP contribution in [0.15, 0.2) is 48.5 Å². The Hall–Kier alpha value is -3.07. The van der Waals surface area contributed by atoms with Gasteiger partial charge in [0.25, 0.3) is 5.91 Å². The molecular weight excluding hydrogens is 442 g/mol. The van der Waals surface area contributed by atoms with Crippen molar-refractivity contribution in [1.82, 2.24) is 9.88 Å². The van der Waals surface area contributed by atoms with Crippen LogP contribution in [-0.2, 0) is 17.7 Å². The monoisotopic (exact) mass is 463 g/mol. The maximum atomic E-state index is 13.2. The Bertz CT molecular complexity index is 1310. The lowest BCUT2D eigenvalue weighted by Crippen LogP contribution is -2.25. The zero-order valence-electron chi connectivity index (χ0n) is 17.7. The number of carbonyl (C=O) groups excluding carboxylic acids is 2. The topological polar surface area (TPSA) is 71.5 Å². The van der Waals surface area contributed by atoms with Gasteiger partial charge in [0.05, 0.1) is 28.5 Å². The number of carbonyl (C=O) groups is 2. The minimum Gasteiger partial charge on any atom is -0.465 e. The first-order chi connectivity index (χ1) is 15.5. The van der Waals surface area contributed by atoms with Crippen LogP contribution in [0.25, 0.3) is 20.8 Å². The second-order valence-corrected chi connectivity index (χ2v) is 9.81. The van der Waals surface area contributed by atoms with Crippen LogP contribution in [0.4, 0.5) is 5.00 Å². The largest absolute Gasteiger partial charge is 0.465 e. The molecule has 3 heterocycles. The Morgan fingerprint density at radius 1 is 1.06 bits per heavy atom. The second-order valence-electron chi connectivity index (χ2n) is 7.67. The zero-order valence-corrected chi connectivity index (χ0v) is 19.3. The van der Waals surface area contributed by atoms with E-state index >= 15 is 0 Å². The number of hydrogen-bond donors (Lipinski definition) is 1. The highest BCUT2D eigenvalue weighted by Crippen LogP contribution is 2.45. The van der Waals surface area contributed by atoms with Crippen molar-refractivity contribution in [3.63, 3.8) is 0 Å². The molecule has 162 valence electrons. The lowest BCUT2D eigenvalue weighted by atomic mass is 10.0. The normalized spacial score (nSPS) is 13.7. The molecule has 0 saturated carbocycles. The van der Waals surface area contributed by atoms with Crippen LogP contribution in [0, 0.1) is 0 Å². The van der Waals surface area contributed by atoms with E-state index in [-0.39, 0.29) is 17.0 Å². The highest BCUT2D eigenvalue weighted by molar-refractivity contribution is 7.23. The van der Waals surface area contributed by atoms with Crippen molar-refractivity contribution < 1.29 is 14.3 Å². The summed E-state index contributed by atoms with van der Waals surface area (Å²) < 4.78 is 5.97. The maximum Gasteiger partial charge on any atom is 0.338 e. The van der Waals surface area contributed by atoms with Crippen molar-refractivity contribution in [2.75, 3.05) is 26.0 Å². The molecule has 32 heavy (non-hydrogen) atoms. The van der Waals surface area contributed by atoms with Crippen LogP contribution in [-0.4, -0.2) is 42.5 Å². The quantitative estimate of drug-likeness (QED) is 0.429. The summed E-state index contributed by atoms with van der Waals surface area (Å²) >= 11 is 3.22. The van der Waals surface area contributed by atoms with Gasteiger partial charge >= 0.3 is 5.97 Å². The number of fused-ring (bicyclic) bond motifs is 2. The summed E-state index contributed by atoms with van der Waals surface area (Å²) in [5, 5.41) is 4.76. The molecule has 1 amide bonds. The molecule has 5 rings (SSSR count). The lowest BCUT2D eigenvalue weighted by Gasteiger charge is -2.22. The third-order valence-corrected chi connectivity index (χ3v) is 7.75. The molecule has 0 bridgehead atoms. The summed E-state index contributed by atoms with van der Waals surface area (Å²) in [4.78, 5) is 33.8. The van der Waals surface area contributed by atoms with Gasteiger partial charge in [-0.2, -0.15) is 0 Å². The number of nitrogens with one attached hydrogen (secondary N) is 1. The average Bonchev–Trinajstić information content (AvgIpc) is 3.38. The molecule has 0 aliphatic carbocycles. The summed E-state index contributed by atoms with van der Waals surface area (Å²) in [5.41, 5.74) is 3.74. The zero-order chi connectivity index (χ0) is 22.2. The average molecular weight is 464 g/mol. The van der Waals surface area contributed by atoms with E-state index < -0.39 is 5.97 Å². The molecule has 8 heteroatoms. The number of likely N-dealkylation sites (N-methyl/N-ethyl adjacent to an activating group) is 1. The van der Waals surface area contributed by atoms with Gasteiger partial charge in [-0.25, -0.2) is 9.78 Å². The number of ether oxygens (including phenoxy) is 1. The predicted molar refractivity (Wildman–Crippen MR) is 129 cm³/mol. The first-order valence-electron chi connectivity index (χ1n) is 10.2. The minimum absolute atomic E-state index is 0.245. The number of amides is 1. The smallest absolute Gasteiger partial charge is 0.338 e. The van der Waals surface area contributed by atoms with E-state index in [0.29, 0.717) is 0 Å². The van der Waals surface area contributed by atoms with E-state index in [4.69, 9.17) is 9.72 Å². The van der Waals surface area contributed by atoms with Crippen molar-refractivity contribution in [2.45, 2.75) is 13.0 Å². The Morgan fingerprint density at radius 2 is 1.81 bits per heavy atom. The van der Waals surface area contributed by atoms with Crippen LogP contribution in [0.2, 0.25) is 0 Å². The van der Waals surface area contributed by atoms with E-state index in [9.17, 15) is 9.59 Å². The van der Waals surface area contributed by atoms with Crippen LogP contribution in [0.1, 0.15) is 31.2 Å². The van der Waals surface area contributed by atoms with Gasteiger partial charge in [-0.1, -0.05) is 24.3 Å². The van der Waals surface area contributed by atoms with Crippen molar-refractivity contribution in [2.24, 2.45) is 0 Å². The van der Waals surface area contributed by atoms with Crippen molar-refractivity contribution in [3.05, 3.63) is 70.1 Å². The summed E-state index contributed by atoms with van der Waals surface area (Å²) in [5.74, 6) is -0.866. The fraction of sp³-hybridized carbons (Fsp3) is 0.208. The number of rotatable bonds is 4. The van der Waals surface area contributed by atoms with Crippen LogP contribution in [0.3, 0.4) is 0 Å². The molecule has 1 aliphatic heterocycles. The Morgan fingerprint density at radius 3 is 2.59 bits per heavy atom. The molecule has 0 unspecified atom stereocenters. The lowest BCUT2D eigenvalue weighted by molar-refractivity contribution is 0.0597. The molecule has 1 aliphatic rings. The summed E-state index contributed by atoms with van der Waals surface area (Å²) in [6.45, 7) is 1.80. The molecule has 1 N–H and O–H groups in total. The van der Waals surface area contributed by atoms with Crippen molar-refractivity contribution in [1.29, 1.82) is 0 Å². The minimum atomic E-state index is -0.533. The number of anilines is 1. The van der Waals surface area contributed by atoms with Crippen LogP contribution < -0.4 is 5.32 Å². The molecule has 2 aromatic carbocycles. The van der Waals surface area contributed by atoms with Gasteiger partial charge in [-0.15, -0.1) is 22.7 Å². The van der Waals surface area contributed by atoms with Gasteiger partial charge in [-0.05, 0) is 43.3 Å². The van der Waals surface area contributed by atoms with Crippen LogP contribution >= 0.6 is 22.7 Å². The summed E-state index contributed by atoms with van der Waals surface area (Å²) in [6, 6.07) is 14.8. The van der Waals surface area contributed by atoms with Gasteiger partial charge in [0.1, 0.15) is 10.0 Å². The van der Waals surface area contributed by atoms with Gasteiger partial charge in [-0.3, -0.25) is 4.79 Å². The van der Waals surface area contributed by atoms with Gasteiger partial charge < -0.3 is 15.0 Å². The number of benzene rings is 2. The first-order valence-corrected chi connectivity index (χ1v) is 11.9. The van der Waals surface area contributed by atoms with E-state index in [1.165, 1.54) is 17.6 Å². The molecule has 4 aromatic rings. The summed E-state index contributed by atoms with van der Waals surface area (Å²) in [7, 11) is 3.41. The number of thiophene rings is 1. The summed E-state index contributed by atoms with van der Waals surface area (Å²) in [6.07, 6.45) is 0.905. The Labute approximate surface area is 193 Å². The number of methoxy groups -OCH3 is 1. The fourth-order valence-corrected chi connectivity index (χ4v) is 6.40. The van der Waals surface area contributed by atoms with Crippen molar-refractivity contribution in [3.8, 4) is 10.6 Å². The van der Waals surface area contributed by atoms with E-state index in [2.05, 4.69) is 23.3 Å². The standard InChI is InChI=1S/C24H21N3O3S2/c1-27-12-11-16-19(13-27)32-23(20(16)22-25-17-9-5-6-10-18(17)31-22)26-21(28)14-7-3-4-8-15(14)24(29)30-2/h3-10H,11-13H2,1-2H3,(H,26,28). The second kappa shape index (κ2) is 8.46. The van der Waals surface area contributed by atoms with Gasteiger partial charge in [0.15, 0.2) is 0 Å². The van der Waals surface area contributed by atoms with E-state index in [0.717, 1.165) is 45.3 Å². The molecule has 0 atom stereocenters. The van der Waals surface area contributed by atoms with Gasteiger partial charge in [0, 0.05) is 23.5 Å². The molecular formula is C24H21N3O3S2. The third kappa shape index (κ3) is 3.70.